The van der Waals surface area contributed by atoms with Crippen LogP contribution in [0.3, 0.4) is 0 Å². The van der Waals surface area contributed by atoms with Crippen LogP contribution in [0.4, 0.5) is 4.79 Å². The molecule has 46 heavy (non-hydrogen) atoms. The molecule has 0 spiro atoms. The standard InChI is InChI=1S/C35H50N2O7.CH5N/c1-9-22-21-37-14-13-24-16-31(41-6)33(43-8)19-28(24)29(37)17-26(22)27-18-32(42-7)30(40-5)15-23(27)11-10-12-25(38)20-36-34(39)44-35(2,3)4;1-2/h15-16,18-19,22,26,29H,9-14,17,20-21H2,1-8H3,(H,36,39);2H2,1H3. The Morgan fingerprint density at radius 2 is 1.50 bits per heavy atom. The van der Waals surface area contributed by atoms with Crippen molar-refractivity contribution < 1.29 is 33.3 Å². The number of aryl methyl sites for hydroxylation is 1. The molecule has 2 aliphatic rings. The van der Waals surface area contributed by atoms with E-state index in [1.165, 1.54) is 29.3 Å². The first-order chi connectivity index (χ1) is 22.0. The van der Waals surface area contributed by atoms with E-state index in [-0.39, 0.29) is 18.4 Å². The third-order valence-electron chi connectivity index (χ3n) is 8.93. The molecule has 0 radical (unpaired) electrons. The van der Waals surface area contributed by atoms with Gasteiger partial charge in [0.05, 0.1) is 35.0 Å². The molecule has 1 saturated heterocycles. The summed E-state index contributed by atoms with van der Waals surface area (Å²) in [7, 11) is 8.21. The number of carbonyl (C=O) groups excluding carboxylic acids is 2. The van der Waals surface area contributed by atoms with Gasteiger partial charge in [0.25, 0.3) is 0 Å². The summed E-state index contributed by atoms with van der Waals surface area (Å²) in [5.41, 5.74) is 8.97. The van der Waals surface area contributed by atoms with Gasteiger partial charge in [0.15, 0.2) is 28.8 Å². The van der Waals surface area contributed by atoms with E-state index in [0.717, 1.165) is 56.0 Å². The average molecular weight is 642 g/mol. The van der Waals surface area contributed by atoms with Gasteiger partial charge in [0.2, 0.25) is 0 Å². The Hall–Kier alpha value is -3.50. The number of fused-ring (bicyclic) bond motifs is 3. The van der Waals surface area contributed by atoms with E-state index in [9.17, 15) is 9.59 Å². The minimum absolute atomic E-state index is 0.0270. The molecule has 256 valence electrons. The van der Waals surface area contributed by atoms with Crippen molar-refractivity contribution in [2.45, 2.75) is 83.8 Å². The summed E-state index contributed by atoms with van der Waals surface area (Å²) in [4.78, 5) is 27.3. The van der Waals surface area contributed by atoms with E-state index in [1.807, 2.05) is 0 Å². The number of methoxy groups -OCH3 is 4. The summed E-state index contributed by atoms with van der Waals surface area (Å²) in [6.07, 6.45) is 4.19. The van der Waals surface area contributed by atoms with Crippen molar-refractivity contribution in [2.24, 2.45) is 11.7 Å². The smallest absolute Gasteiger partial charge is 0.408 e. The van der Waals surface area contributed by atoms with Gasteiger partial charge in [-0.15, -0.1) is 0 Å². The number of benzene rings is 2. The highest BCUT2D eigenvalue weighted by molar-refractivity contribution is 5.84. The highest BCUT2D eigenvalue weighted by Crippen LogP contribution is 2.50. The van der Waals surface area contributed by atoms with Crippen LogP contribution < -0.4 is 30.0 Å². The number of rotatable bonds is 12. The summed E-state index contributed by atoms with van der Waals surface area (Å²) < 4.78 is 28.0. The Morgan fingerprint density at radius 3 is 2.09 bits per heavy atom. The molecular formula is C36H55N3O7. The number of Topliss-reactive ketones (excluding diaryl/α,β-unsaturated/α-hetero) is 1. The summed E-state index contributed by atoms with van der Waals surface area (Å²) >= 11 is 0. The molecule has 0 saturated carbocycles. The number of ketones is 1. The van der Waals surface area contributed by atoms with Gasteiger partial charge in [-0.2, -0.15) is 0 Å². The van der Waals surface area contributed by atoms with Gasteiger partial charge >= 0.3 is 6.09 Å². The Balaban J connectivity index is 0.00000282. The first kappa shape index (κ1) is 37.0. The van der Waals surface area contributed by atoms with E-state index in [4.69, 9.17) is 23.7 Å². The molecule has 2 aromatic carbocycles. The van der Waals surface area contributed by atoms with Crippen LogP contribution in [0.25, 0.3) is 0 Å². The van der Waals surface area contributed by atoms with E-state index in [1.54, 1.807) is 49.2 Å². The van der Waals surface area contributed by atoms with Crippen LogP contribution in [-0.2, 0) is 22.4 Å². The number of nitrogens with zero attached hydrogens (tertiary/aromatic N) is 1. The average Bonchev–Trinajstić information content (AvgIpc) is 3.05. The van der Waals surface area contributed by atoms with Gasteiger partial charge in [-0.3, -0.25) is 9.69 Å². The summed E-state index contributed by atoms with van der Waals surface area (Å²) in [5, 5.41) is 2.58. The maximum Gasteiger partial charge on any atom is 0.408 e. The SMILES string of the molecule is CCC1CN2CCc3cc(OC)c(OC)cc3C2CC1c1cc(OC)c(OC)cc1CCCC(=O)CNC(=O)OC(C)(C)C.CN. The van der Waals surface area contributed by atoms with Gasteiger partial charge in [-0.05, 0) is 112 Å². The number of carbonyl (C=O) groups is 2. The molecule has 3 N–H and O–H groups in total. The van der Waals surface area contributed by atoms with E-state index in [0.29, 0.717) is 30.4 Å². The molecule has 3 atom stereocenters. The van der Waals surface area contributed by atoms with Crippen molar-refractivity contribution in [3.63, 3.8) is 0 Å². The van der Waals surface area contributed by atoms with Crippen LogP contribution in [0.1, 0.15) is 87.6 Å². The summed E-state index contributed by atoms with van der Waals surface area (Å²) in [5.74, 6) is 3.70. The molecule has 0 aliphatic carbocycles. The Kier molecular flexibility index (Phi) is 13.6. The van der Waals surface area contributed by atoms with Crippen molar-refractivity contribution in [1.82, 2.24) is 10.2 Å². The summed E-state index contributed by atoms with van der Waals surface area (Å²) in [6.45, 7) is 9.66. The quantitative estimate of drug-likeness (QED) is 0.295. The molecule has 1 amide bonds. The number of hydrogen-bond donors (Lipinski definition) is 2. The molecule has 4 rings (SSSR count). The van der Waals surface area contributed by atoms with Crippen molar-refractivity contribution in [1.29, 1.82) is 0 Å². The number of hydrogen-bond acceptors (Lipinski definition) is 9. The van der Waals surface area contributed by atoms with E-state index in [2.05, 4.69) is 47.1 Å². The number of nitrogens with one attached hydrogen (secondary N) is 1. The minimum Gasteiger partial charge on any atom is -0.493 e. The molecule has 2 aromatic rings. The predicted molar refractivity (Wildman–Crippen MR) is 181 cm³/mol. The van der Waals surface area contributed by atoms with Gasteiger partial charge in [-0.25, -0.2) is 4.79 Å². The topological polar surface area (TPSA) is 122 Å². The van der Waals surface area contributed by atoms with Crippen LogP contribution in [0, 0.1) is 5.92 Å². The van der Waals surface area contributed by atoms with E-state index < -0.39 is 11.7 Å². The third-order valence-corrected chi connectivity index (χ3v) is 8.93. The monoisotopic (exact) mass is 641 g/mol. The molecular weight excluding hydrogens is 586 g/mol. The minimum atomic E-state index is -0.609. The maximum absolute atomic E-state index is 12.6. The van der Waals surface area contributed by atoms with Crippen LogP contribution in [0.5, 0.6) is 23.0 Å². The summed E-state index contributed by atoms with van der Waals surface area (Å²) in [6, 6.07) is 8.82. The largest absolute Gasteiger partial charge is 0.493 e. The second-order valence-corrected chi connectivity index (χ2v) is 12.8. The number of piperidine rings is 1. The zero-order valence-electron chi connectivity index (χ0n) is 29.3. The van der Waals surface area contributed by atoms with Crippen LogP contribution in [0.15, 0.2) is 24.3 Å². The number of ether oxygens (including phenoxy) is 5. The molecule has 2 heterocycles. The second kappa shape index (κ2) is 16.9. The molecule has 0 bridgehead atoms. The number of amides is 1. The van der Waals surface area contributed by atoms with Gasteiger partial charge in [0.1, 0.15) is 5.60 Å². The Morgan fingerprint density at radius 1 is 0.913 bits per heavy atom. The van der Waals surface area contributed by atoms with Crippen molar-refractivity contribution in [3.05, 3.63) is 46.5 Å². The number of nitrogens with two attached hydrogens (primary N) is 1. The Labute approximate surface area is 275 Å². The lowest BCUT2D eigenvalue weighted by Gasteiger charge is -2.48. The fourth-order valence-electron chi connectivity index (χ4n) is 6.78. The fraction of sp³-hybridized carbons (Fsp3) is 0.611. The zero-order valence-corrected chi connectivity index (χ0v) is 29.3. The molecule has 0 aromatic heterocycles. The lowest BCUT2D eigenvalue weighted by atomic mass is 9.71. The van der Waals surface area contributed by atoms with Crippen LogP contribution >= 0.6 is 0 Å². The van der Waals surface area contributed by atoms with Crippen molar-refractivity contribution >= 4 is 11.9 Å². The Bertz CT molecular complexity index is 1320. The fourth-order valence-corrected chi connectivity index (χ4v) is 6.78. The first-order valence-corrected chi connectivity index (χ1v) is 16.3. The van der Waals surface area contributed by atoms with Crippen molar-refractivity contribution in [2.75, 3.05) is 55.1 Å². The van der Waals surface area contributed by atoms with Gasteiger partial charge in [0, 0.05) is 25.6 Å². The highest BCUT2D eigenvalue weighted by Gasteiger charge is 2.40. The third kappa shape index (κ3) is 9.06. The normalized spacial score (nSPS) is 19.0. The maximum atomic E-state index is 12.6. The second-order valence-electron chi connectivity index (χ2n) is 12.8. The lowest BCUT2D eigenvalue weighted by molar-refractivity contribution is -0.118. The van der Waals surface area contributed by atoms with Crippen LogP contribution in [0.2, 0.25) is 0 Å². The lowest BCUT2D eigenvalue weighted by Crippen LogP contribution is -2.45. The zero-order chi connectivity index (χ0) is 34.0. The number of alkyl carbamates (subject to hydrolysis) is 1. The predicted octanol–water partition coefficient (Wildman–Crippen LogP) is 5.83. The van der Waals surface area contributed by atoms with Crippen LogP contribution in [-0.4, -0.2) is 77.5 Å². The molecule has 1 fully saturated rings. The molecule has 3 unspecified atom stereocenters. The van der Waals surface area contributed by atoms with Gasteiger partial charge in [-0.1, -0.05) is 13.3 Å². The molecule has 10 nitrogen and oxygen atoms in total. The van der Waals surface area contributed by atoms with Crippen molar-refractivity contribution in [3.8, 4) is 23.0 Å². The molecule has 2 aliphatic heterocycles. The highest BCUT2D eigenvalue weighted by atomic mass is 16.6. The molecule has 10 heteroatoms. The van der Waals surface area contributed by atoms with Gasteiger partial charge < -0.3 is 34.7 Å². The van der Waals surface area contributed by atoms with E-state index >= 15 is 0 Å². The first-order valence-electron chi connectivity index (χ1n) is 16.3.